The van der Waals surface area contributed by atoms with Gasteiger partial charge in [-0.15, -0.1) is 0 Å². The summed E-state index contributed by atoms with van der Waals surface area (Å²) >= 11 is 2.37. The molecule has 0 spiro atoms. The van der Waals surface area contributed by atoms with Crippen molar-refractivity contribution in [2.24, 2.45) is 0 Å². The first-order chi connectivity index (χ1) is 5.56. The fraction of sp³-hybridized carbons (Fsp3) is 1.00. The van der Waals surface area contributed by atoms with Gasteiger partial charge in [-0.1, -0.05) is 61.5 Å². The molecule has 0 amide bonds. The van der Waals surface area contributed by atoms with E-state index in [1.54, 1.807) is 0 Å². The van der Waals surface area contributed by atoms with E-state index in [2.05, 4.69) is 22.6 Å². The van der Waals surface area contributed by atoms with Crippen LogP contribution in [0.2, 0.25) is 0 Å². The van der Waals surface area contributed by atoms with Crippen molar-refractivity contribution in [2.75, 3.05) is 4.43 Å². The SMILES string of the molecule is [2H]C([2H])([2H])CCCCCCCI. The molecule has 0 aromatic carbocycles. The molecule has 0 rings (SSSR count). The molecule has 1 heteroatoms. The first kappa shape index (κ1) is 5.39. The number of hydrogen-bond donors (Lipinski definition) is 0. The van der Waals surface area contributed by atoms with Gasteiger partial charge in [0, 0.05) is 4.11 Å². The van der Waals surface area contributed by atoms with Gasteiger partial charge in [0.1, 0.15) is 0 Å². The Morgan fingerprint density at radius 2 is 1.78 bits per heavy atom. The van der Waals surface area contributed by atoms with Crippen molar-refractivity contribution in [1.82, 2.24) is 0 Å². The van der Waals surface area contributed by atoms with E-state index in [0.717, 1.165) is 12.8 Å². The minimum atomic E-state index is -1.71. The highest BCUT2D eigenvalue weighted by Crippen LogP contribution is 2.05. The highest BCUT2D eigenvalue weighted by molar-refractivity contribution is 14.1. The normalized spacial score (nSPS) is 16.3. The zero-order valence-electron chi connectivity index (χ0n) is 8.83. The van der Waals surface area contributed by atoms with Crippen molar-refractivity contribution in [3.05, 3.63) is 0 Å². The Hall–Kier alpha value is 0.730. The first-order valence-electron chi connectivity index (χ1n) is 5.12. The van der Waals surface area contributed by atoms with Gasteiger partial charge in [0.15, 0.2) is 0 Å². The summed E-state index contributed by atoms with van der Waals surface area (Å²) in [5.74, 6) is 0. The van der Waals surface area contributed by atoms with Crippen LogP contribution in [0.1, 0.15) is 49.5 Å². The Kier molecular flexibility index (Phi) is 5.23. The van der Waals surface area contributed by atoms with E-state index in [1.807, 2.05) is 0 Å². The zero-order chi connectivity index (χ0) is 9.45. The number of halogens is 1. The summed E-state index contributed by atoms with van der Waals surface area (Å²) in [5.41, 5.74) is 0. The van der Waals surface area contributed by atoms with E-state index in [0.29, 0.717) is 6.42 Å². The molecule has 0 saturated carbocycles. The second-order valence-electron chi connectivity index (χ2n) is 2.21. The average Bonchev–Trinajstić information content (AvgIpc) is 1.94. The van der Waals surface area contributed by atoms with E-state index in [9.17, 15) is 0 Å². The lowest BCUT2D eigenvalue weighted by Crippen LogP contribution is -1.77. The van der Waals surface area contributed by atoms with Gasteiger partial charge in [-0.05, 0) is 10.8 Å². The van der Waals surface area contributed by atoms with Crippen LogP contribution >= 0.6 is 22.6 Å². The van der Waals surface area contributed by atoms with Gasteiger partial charge in [0.05, 0.1) is 0 Å². The summed E-state index contributed by atoms with van der Waals surface area (Å²) in [5, 5.41) is 0. The van der Waals surface area contributed by atoms with Crippen LogP contribution < -0.4 is 0 Å². The number of rotatable bonds is 6. The monoisotopic (exact) mass is 243 g/mol. The third kappa shape index (κ3) is 8.73. The van der Waals surface area contributed by atoms with Crippen LogP contribution in [0.5, 0.6) is 0 Å². The topological polar surface area (TPSA) is 0 Å². The summed E-state index contributed by atoms with van der Waals surface area (Å²) in [6, 6.07) is 0. The van der Waals surface area contributed by atoms with Gasteiger partial charge in [-0.2, -0.15) is 0 Å². The predicted molar refractivity (Wildman–Crippen MR) is 52.3 cm³/mol. The smallest absolute Gasteiger partial charge is 0.0230 e. The van der Waals surface area contributed by atoms with E-state index in [1.165, 1.54) is 23.7 Å². The van der Waals surface area contributed by atoms with Gasteiger partial charge in [0.2, 0.25) is 0 Å². The first-order valence-corrected chi connectivity index (χ1v) is 5.15. The molecule has 0 unspecified atom stereocenters. The fourth-order valence-corrected chi connectivity index (χ4v) is 1.29. The highest BCUT2D eigenvalue weighted by atomic mass is 127. The number of alkyl halides is 1. The summed E-state index contributed by atoms with van der Waals surface area (Å²) in [6.45, 7) is -1.71. The minimum Gasteiger partial charge on any atom is -0.0864 e. The average molecular weight is 243 g/mol. The van der Waals surface area contributed by atoms with Gasteiger partial charge in [-0.25, -0.2) is 0 Å². The zero-order valence-corrected chi connectivity index (χ0v) is 7.99. The van der Waals surface area contributed by atoms with E-state index < -0.39 is 6.85 Å². The lowest BCUT2D eigenvalue weighted by molar-refractivity contribution is 0.629. The van der Waals surface area contributed by atoms with Crippen LogP contribution in [0, 0.1) is 0 Å². The summed E-state index contributed by atoms with van der Waals surface area (Å²) in [7, 11) is 0. The van der Waals surface area contributed by atoms with Crippen LogP contribution in [-0.4, -0.2) is 4.43 Å². The van der Waals surface area contributed by atoms with Crippen molar-refractivity contribution >= 4 is 22.6 Å². The van der Waals surface area contributed by atoms with E-state index in [4.69, 9.17) is 4.11 Å². The standard InChI is InChI=1S/C8H17I/c1-2-3-4-5-6-7-8-9/h2-8H2,1H3/i1D3. The fourth-order valence-electron chi connectivity index (χ4n) is 0.750. The summed E-state index contributed by atoms with van der Waals surface area (Å²) < 4.78 is 22.2. The molecule has 0 aliphatic heterocycles. The molecule has 0 aromatic heterocycles. The Labute approximate surface area is 76.8 Å². The molecule has 0 radical (unpaired) electrons. The maximum absolute atomic E-state index is 6.98. The highest BCUT2D eigenvalue weighted by Gasteiger charge is 1.86. The Morgan fingerprint density at radius 3 is 2.44 bits per heavy atom. The summed E-state index contributed by atoms with van der Waals surface area (Å²) in [4.78, 5) is 0. The molecule has 0 fully saturated rings. The third-order valence-electron chi connectivity index (χ3n) is 1.31. The molecular weight excluding hydrogens is 223 g/mol. The summed E-state index contributed by atoms with van der Waals surface area (Å²) in [6.07, 6.45) is 6.04. The van der Waals surface area contributed by atoms with Crippen LogP contribution in [0.3, 0.4) is 0 Å². The van der Waals surface area contributed by atoms with Crippen molar-refractivity contribution in [3.63, 3.8) is 0 Å². The van der Waals surface area contributed by atoms with E-state index in [-0.39, 0.29) is 0 Å². The largest absolute Gasteiger partial charge is 0.0864 e. The molecule has 0 bridgehead atoms. The second-order valence-corrected chi connectivity index (χ2v) is 3.29. The van der Waals surface area contributed by atoms with E-state index >= 15 is 0 Å². The van der Waals surface area contributed by atoms with Crippen molar-refractivity contribution < 1.29 is 4.11 Å². The molecule has 0 saturated heterocycles. The Balaban J connectivity index is 3.01. The molecule has 0 aliphatic rings. The Morgan fingerprint density at radius 1 is 1.11 bits per heavy atom. The second kappa shape index (κ2) is 8.73. The Bertz CT molecular complexity index is 101. The van der Waals surface area contributed by atoms with Crippen molar-refractivity contribution in [2.45, 2.75) is 45.4 Å². The minimum absolute atomic E-state index is 0.386. The van der Waals surface area contributed by atoms with Crippen molar-refractivity contribution in [3.8, 4) is 0 Å². The number of hydrogen-bond acceptors (Lipinski definition) is 0. The molecule has 0 nitrogen and oxygen atoms in total. The molecule has 0 heterocycles. The lowest BCUT2D eigenvalue weighted by Gasteiger charge is -1.95. The van der Waals surface area contributed by atoms with Gasteiger partial charge in [-0.3, -0.25) is 0 Å². The number of unbranched alkanes of at least 4 members (excludes halogenated alkanes) is 4. The van der Waals surface area contributed by atoms with Gasteiger partial charge in [0.25, 0.3) is 0 Å². The molecule has 9 heavy (non-hydrogen) atoms. The van der Waals surface area contributed by atoms with Crippen molar-refractivity contribution in [1.29, 1.82) is 0 Å². The van der Waals surface area contributed by atoms with Crippen LogP contribution in [0.15, 0.2) is 0 Å². The third-order valence-corrected chi connectivity index (χ3v) is 2.07. The molecular formula is C8H17I. The molecule has 0 atom stereocenters. The predicted octanol–water partition coefficient (Wildman–Crippen LogP) is 3.78. The van der Waals surface area contributed by atoms with Crippen LogP contribution in [-0.2, 0) is 0 Å². The lowest BCUT2D eigenvalue weighted by atomic mass is 10.1. The molecule has 0 aromatic rings. The quantitative estimate of drug-likeness (QED) is 0.378. The van der Waals surface area contributed by atoms with Gasteiger partial charge < -0.3 is 0 Å². The maximum atomic E-state index is 6.98. The van der Waals surface area contributed by atoms with Crippen LogP contribution in [0.4, 0.5) is 0 Å². The molecule has 0 N–H and O–H groups in total. The maximum Gasteiger partial charge on any atom is 0.0230 e. The molecule has 56 valence electrons. The van der Waals surface area contributed by atoms with Crippen LogP contribution in [0.25, 0.3) is 0 Å². The van der Waals surface area contributed by atoms with Gasteiger partial charge >= 0.3 is 0 Å². The molecule has 0 aliphatic carbocycles.